The van der Waals surface area contributed by atoms with Crippen molar-refractivity contribution in [3.8, 4) is 17.0 Å². The minimum Gasteiger partial charge on any atom is -0.497 e. The summed E-state index contributed by atoms with van der Waals surface area (Å²) in [5.41, 5.74) is 2.51. The number of nitrogens with zero attached hydrogens (tertiary/aromatic N) is 4. The highest BCUT2D eigenvalue weighted by atomic mass is 32.2. The van der Waals surface area contributed by atoms with Crippen molar-refractivity contribution in [1.29, 1.82) is 0 Å². The van der Waals surface area contributed by atoms with E-state index in [0.29, 0.717) is 31.1 Å². The number of sulfonamides is 1. The van der Waals surface area contributed by atoms with Crippen LogP contribution < -0.4 is 9.64 Å². The van der Waals surface area contributed by atoms with Crippen LogP contribution in [0.15, 0.2) is 65.8 Å². The molecule has 2 aromatic carbocycles. The fourth-order valence-corrected chi connectivity index (χ4v) is 5.25. The average molecular weight is 425 g/mol. The quantitative estimate of drug-likeness (QED) is 0.627. The van der Waals surface area contributed by atoms with Crippen molar-refractivity contribution in [1.82, 2.24) is 14.3 Å². The first kappa shape index (κ1) is 20.3. The lowest BCUT2D eigenvalue weighted by molar-refractivity contribution is 0.383. The normalized spacial score (nSPS) is 15.2. The number of aromatic nitrogens is 2. The van der Waals surface area contributed by atoms with Gasteiger partial charge >= 0.3 is 0 Å². The van der Waals surface area contributed by atoms with Crippen molar-refractivity contribution < 1.29 is 13.2 Å². The Bertz CT molecular complexity index is 1140. The number of piperazine rings is 1. The highest BCUT2D eigenvalue weighted by Crippen LogP contribution is 2.26. The zero-order valence-electron chi connectivity index (χ0n) is 17.0. The Morgan fingerprint density at radius 2 is 1.70 bits per heavy atom. The Labute approximate surface area is 177 Å². The SMILES string of the molecule is COc1cccc(-c2cc(N3CCN(S(=O)(=O)c4ccccc4C)CC3)ncn2)c1. The third-order valence-corrected chi connectivity index (χ3v) is 7.35. The summed E-state index contributed by atoms with van der Waals surface area (Å²) in [5, 5.41) is 0. The van der Waals surface area contributed by atoms with Crippen LogP contribution in [-0.2, 0) is 10.0 Å². The van der Waals surface area contributed by atoms with Gasteiger partial charge in [0.25, 0.3) is 0 Å². The van der Waals surface area contributed by atoms with E-state index in [9.17, 15) is 8.42 Å². The van der Waals surface area contributed by atoms with Gasteiger partial charge in [0, 0.05) is 37.8 Å². The molecule has 0 amide bonds. The van der Waals surface area contributed by atoms with Crippen molar-refractivity contribution in [3.63, 3.8) is 0 Å². The number of aryl methyl sites for hydroxylation is 1. The Morgan fingerprint density at radius 3 is 2.43 bits per heavy atom. The van der Waals surface area contributed by atoms with E-state index in [4.69, 9.17) is 4.74 Å². The van der Waals surface area contributed by atoms with Crippen LogP contribution in [0, 0.1) is 6.92 Å². The van der Waals surface area contributed by atoms with Gasteiger partial charge in [0.15, 0.2) is 0 Å². The first-order valence-corrected chi connectivity index (χ1v) is 11.2. The largest absolute Gasteiger partial charge is 0.497 e. The highest BCUT2D eigenvalue weighted by Gasteiger charge is 2.29. The monoisotopic (exact) mass is 424 g/mol. The smallest absolute Gasteiger partial charge is 0.243 e. The van der Waals surface area contributed by atoms with Gasteiger partial charge in [-0.25, -0.2) is 18.4 Å². The maximum Gasteiger partial charge on any atom is 0.243 e. The summed E-state index contributed by atoms with van der Waals surface area (Å²) >= 11 is 0. The zero-order valence-corrected chi connectivity index (χ0v) is 17.8. The van der Waals surface area contributed by atoms with Crippen LogP contribution in [0.5, 0.6) is 5.75 Å². The predicted molar refractivity (Wildman–Crippen MR) is 116 cm³/mol. The number of rotatable bonds is 5. The van der Waals surface area contributed by atoms with E-state index in [-0.39, 0.29) is 0 Å². The lowest BCUT2D eigenvalue weighted by atomic mass is 10.1. The van der Waals surface area contributed by atoms with Gasteiger partial charge in [-0.05, 0) is 30.7 Å². The van der Waals surface area contributed by atoms with Crippen LogP contribution in [0.3, 0.4) is 0 Å². The molecule has 7 nitrogen and oxygen atoms in total. The van der Waals surface area contributed by atoms with Crippen LogP contribution >= 0.6 is 0 Å². The molecule has 0 unspecified atom stereocenters. The van der Waals surface area contributed by atoms with Crippen molar-refractivity contribution in [2.24, 2.45) is 0 Å². The second-order valence-corrected chi connectivity index (χ2v) is 9.06. The molecular weight excluding hydrogens is 400 g/mol. The first-order chi connectivity index (χ1) is 14.5. The molecule has 0 aliphatic carbocycles. The van der Waals surface area contributed by atoms with E-state index in [0.717, 1.165) is 28.4 Å². The Morgan fingerprint density at radius 1 is 0.933 bits per heavy atom. The van der Waals surface area contributed by atoms with Gasteiger partial charge in [0.05, 0.1) is 17.7 Å². The van der Waals surface area contributed by atoms with Crippen LogP contribution in [0.25, 0.3) is 11.3 Å². The van der Waals surface area contributed by atoms with E-state index >= 15 is 0 Å². The predicted octanol–water partition coefficient (Wildman–Crippen LogP) is 2.97. The van der Waals surface area contributed by atoms with Crippen molar-refractivity contribution in [2.45, 2.75) is 11.8 Å². The molecule has 1 aliphatic rings. The summed E-state index contributed by atoms with van der Waals surface area (Å²) in [5.74, 6) is 1.55. The summed E-state index contributed by atoms with van der Waals surface area (Å²) < 4.78 is 32.9. The third-order valence-electron chi connectivity index (χ3n) is 5.29. The van der Waals surface area contributed by atoms with Gasteiger partial charge < -0.3 is 9.64 Å². The summed E-state index contributed by atoms with van der Waals surface area (Å²) in [7, 11) is -1.86. The molecule has 1 fully saturated rings. The number of benzene rings is 2. The van der Waals surface area contributed by atoms with Gasteiger partial charge in [-0.1, -0.05) is 30.3 Å². The van der Waals surface area contributed by atoms with Gasteiger partial charge in [-0.15, -0.1) is 0 Å². The molecule has 0 bridgehead atoms. The van der Waals surface area contributed by atoms with Crippen molar-refractivity contribution >= 4 is 15.8 Å². The van der Waals surface area contributed by atoms with Crippen LogP contribution in [0.2, 0.25) is 0 Å². The molecule has 1 saturated heterocycles. The molecule has 2 heterocycles. The standard InChI is InChI=1S/C22H24N4O3S/c1-17-6-3-4-9-21(17)30(27,28)26-12-10-25(11-13-26)22-15-20(23-16-24-22)18-7-5-8-19(14-18)29-2/h3-9,14-16H,10-13H2,1-2H3. The molecule has 156 valence electrons. The fraction of sp³-hybridized carbons (Fsp3) is 0.273. The molecule has 0 atom stereocenters. The number of methoxy groups -OCH3 is 1. The van der Waals surface area contributed by atoms with E-state index in [2.05, 4.69) is 14.9 Å². The minimum atomic E-state index is -3.50. The highest BCUT2D eigenvalue weighted by molar-refractivity contribution is 7.89. The number of hydrogen-bond acceptors (Lipinski definition) is 6. The molecule has 8 heteroatoms. The summed E-state index contributed by atoms with van der Waals surface area (Å²) in [6.07, 6.45) is 1.54. The molecule has 1 aliphatic heterocycles. The van der Waals surface area contributed by atoms with Crippen molar-refractivity contribution in [2.75, 3.05) is 38.2 Å². The molecule has 30 heavy (non-hydrogen) atoms. The molecule has 1 aromatic heterocycles. The maximum absolute atomic E-state index is 13.0. The molecule has 4 rings (SSSR count). The Balaban J connectivity index is 1.50. The number of hydrogen-bond donors (Lipinski definition) is 0. The minimum absolute atomic E-state index is 0.376. The first-order valence-electron chi connectivity index (χ1n) is 9.76. The summed E-state index contributed by atoms with van der Waals surface area (Å²) in [6.45, 7) is 3.79. The van der Waals surface area contributed by atoms with Crippen LogP contribution in [-0.4, -0.2) is 56.0 Å². The average Bonchev–Trinajstić information content (AvgIpc) is 2.79. The van der Waals surface area contributed by atoms with E-state index < -0.39 is 10.0 Å². The Hall–Kier alpha value is -2.97. The molecule has 0 saturated carbocycles. The molecule has 0 radical (unpaired) electrons. The lowest BCUT2D eigenvalue weighted by Crippen LogP contribution is -2.49. The van der Waals surface area contributed by atoms with Crippen molar-refractivity contribution in [3.05, 3.63) is 66.5 Å². The van der Waals surface area contributed by atoms with Crippen LogP contribution in [0.4, 0.5) is 5.82 Å². The second-order valence-electron chi connectivity index (χ2n) is 7.15. The molecule has 0 N–H and O–H groups in total. The second kappa shape index (κ2) is 8.41. The summed E-state index contributed by atoms with van der Waals surface area (Å²) in [4.78, 5) is 11.3. The molecule has 0 spiro atoms. The maximum atomic E-state index is 13.0. The van der Waals surface area contributed by atoms with Gasteiger partial charge in [0.2, 0.25) is 10.0 Å². The molecule has 3 aromatic rings. The van der Waals surface area contributed by atoms with Gasteiger partial charge in [-0.3, -0.25) is 0 Å². The van der Waals surface area contributed by atoms with Crippen LogP contribution in [0.1, 0.15) is 5.56 Å². The molecular formula is C22H24N4O3S. The van der Waals surface area contributed by atoms with E-state index in [1.165, 1.54) is 0 Å². The zero-order chi connectivity index (χ0) is 21.1. The number of anilines is 1. The van der Waals surface area contributed by atoms with Gasteiger partial charge in [-0.2, -0.15) is 4.31 Å². The lowest BCUT2D eigenvalue weighted by Gasteiger charge is -2.35. The third kappa shape index (κ3) is 4.01. The van der Waals surface area contributed by atoms with E-state index in [1.807, 2.05) is 49.4 Å². The van der Waals surface area contributed by atoms with E-state index in [1.54, 1.807) is 29.9 Å². The number of ether oxygens (including phenoxy) is 1. The Kier molecular flexibility index (Phi) is 5.69. The summed E-state index contributed by atoms with van der Waals surface area (Å²) in [6, 6.07) is 16.7. The topological polar surface area (TPSA) is 75.6 Å². The fourth-order valence-electron chi connectivity index (χ4n) is 3.60. The van der Waals surface area contributed by atoms with Gasteiger partial charge in [0.1, 0.15) is 17.9 Å².